The molecule has 58 heavy (non-hydrogen) atoms. The van der Waals surface area contributed by atoms with Crippen LogP contribution in [0.2, 0.25) is 0 Å². The van der Waals surface area contributed by atoms with E-state index in [1.54, 1.807) is 30.3 Å². The van der Waals surface area contributed by atoms with Gasteiger partial charge in [-0.1, -0.05) is 11.6 Å². The predicted molar refractivity (Wildman–Crippen MR) is 198 cm³/mol. The number of aliphatic hydroxyl groups is 9. The second-order valence-electron chi connectivity index (χ2n) is 14.8. The van der Waals surface area contributed by atoms with Gasteiger partial charge in [-0.3, -0.25) is 4.79 Å². The van der Waals surface area contributed by atoms with Crippen molar-refractivity contribution in [2.45, 2.75) is 126 Å². The van der Waals surface area contributed by atoms with E-state index in [0.29, 0.717) is 5.75 Å². The van der Waals surface area contributed by atoms with Gasteiger partial charge in [0.15, 0.2) is 12.1 Å². The van der Waals surface area contributed by atoms with Crippen LogP contribution in [-0.2, 0) is 25.4 Å². The summed E-state index contributed by atoms with van der Waals surface area (Å²) in [6.07, 6.45) is -21.6. The normalized spacial score (nSPS) is 35.4. The molecule has 0 aliphatic carbocycles. The van der Waals surface area contributed by atoms with Gasteiger partial charge in [0.1, 0.15) is 89.3 Å². The van der Waals surface area contributed by atoms with Crippen molar-refractivity contribution < 1.29 is 88.6 Å². The molecule has 0 saturated carbocycles. The number of aromatic hydroxyl groups is 1. The number of methoxy groups -OCH3 is 1. The second-order valence-corrected chi connectivity index (χ2v) is 14.8. The molecule has 15 atom stereocenters. The lowest BCUT2D eigenvalue weighted by Crippen LogP contribution is -2.63. The SMILES string of the molecule is COc1ccc(-c2oc3c(CC=C(C)C)c(OC4OC(CO)C(O)C(O)C4O)cc(O)c3c(=O)c2OC2OC(C)C(OC3OC(C)C(O)C(O)C3O)C(O)C2O)cc1. The summed E-state index contributed by atoms with van der Waals surface area (Å²) < 4.78 is 46.4. The van der Waals surface area contributed by atoms with E-state index in [4.69, 9.17) is 37.6 Å². The number of allylic oxidation sites excluding steroid dienone is 2. The molecule has 2 aromatic carbocycles. The molecule has 19 nitrogen and oxygen atoms in total. The molecule has 320 valence electrons. The zero-order chi connectivity index (χ0) is 42.3. The summed E-state index contributed by atoms with van der Waals surface area (Å²) in [6.45, 7) is 5.79. The third-order valence-electron chi connectivity index (χ3n) is 10.4. The minimum atomic E-state index is -1.91. The van der Waals surface area contributed by atoms with E-state index in [9.17, 15) is 55.9 Å². The number of hydrogen-bond donors (Lipinski definition) is 10. The highest BCUT2D eigenvalue weighted by Crippen LogP contribution is 2.42. The Morgan fingerprint density at radius 3 is 2.00 bits per heavy atom. The van der Waals surface area contributed by atoms with Crippen molar-refractivity contribution in [2.24, 2.45) is 0 Å². The van der Waals surface area contributed by atoms with Crippen LogP contribution in [0.5, 0.6) is 23.0 Å². The molecular weight excluding hydrogens is 772 g/mol. The lowest BCUT2D eigenvalue weighted by atomic mass is 9.97. The van der Waals surface area contributed by atoms with Crippen molar-refractivity contribution in [1.82, 2.24) is 0 Å². The summed E-state index contributed by atoms with van der Waals surface area (Å²) in [4.78, 5) is 14.6. The Labute approximate surface area is 331 Å². The van der Waals surface area contributed by atoms with E-state index in [1.165, 1.54) is 21.0 Å². The van der Waals surface area contributed by atoms with Gasteiger partial charge in [0, 0.05) is 17.2 Å². The summed E-state index contributed by atoms with van der Waals surface area (Å²) in [5.41, 5.74) is 0.116. The number of ether oxygens (including phenoxy) is 7. The zero-order valence-electron chi connectivity index (χ0n) is 32.2. The molecule has 0 spiro atoms. The van der Waals surface area contributed by atoms with Crippen molar-refractivity contribution in [3.05, 3.63) is 57.8 Å². The van der Waals surface area contributed by atoms with Crippen molar-refractivity contribution in [1.29, 1.82) is 0 Å². The predicted octanol–water partition coefficient (Wildman–Crippen LogP) is -1.08. The summed E-state index contributed by atoms with van der Waals surface area (Å²) in [6, 6.07) is 7.29. The quantitative estimate of drug-likeness (QED) is 0.103. The summed E-state index contributed by atoms with van der Waals surface area (Å²) in [7, 11) is 1.45. The van der Waals surface area contributed by atoms with E-state index < -0.39 is 121 Å². The zero-order valence-corrected chi connectivity index (χ0v) is 32.2. The molecule has 3 aliphatic rings. The van der Waals surface area contributed by atoms with Crippen LogP contribution < -0.4 is 19.6 Å². The molecule has 19 heteroatoms. The van der Waals surface area contributed by atoms with Crippen LogP contribution >= 0.6 is 0 Å². The summed E-state index contributed by atoms with van der Waals surface area (Å²) in [5, 5.41) is 105. The Kier molecular flexibility index (Phi) is 13.3. The van der Waals surface area contributed by atoms with Crippen molar-refractivity contribution >= 4 is 11.0 Å². The van der Waals surface area contributed by atoms with Gasteiger partial charge in [-0.2, -0.15) is 0 Å². The molecule has 1 aromatic heterocycles. The number of aliphatic hydroxyl groups excluding tert-OH is 9. The van der Waals surface area contributed by atoms with Crippen molar-refractivity contribution in [3.8, 4) is 34.3 Å². The van der Waals surface area contributed by atoms with Crippen LogP contribution in [0.4, 0.5) is 0 Å². The summed E-state index contributed by atoms with van der Waals surface area (Å²) in [5.74, 6) is -1.16. The van der Waals surface area contributed by atoms with E-state index in [0.717, 1.165) is 11.6 Å². The average Bonchev–Trinajstić information content (AvgIpc) is 3.19. The highest BCUT2D eigenvalue weighted by Gasteiger charge is 2.50. The van der Waals surface area contributed by atoms with Gasteiger partial charge in [0.25, 0.3) is 0 Å². The van der Waals surface area contributed by atoms with Crippen molar-refractivity contribution in [2.75, 3.05) is 13.7 Å². The smallest absolute Gasteiger partial charge is 0.239 e. The Hall–Kier alpha value is -3.93. The Morgan fingerprint density at radius 1 is 0.759 bits per heavy atom. The molecule has 3 saturated heterocycles. The first kappa shape index (κ1) is 43.6. The van der Waals surface area contributed by atoms with Gasteiger partial charge in [-0.25, -0.2) is 0 Å². The molecule has 4 heterocycles. The molecule has 6 rings (SSSR count). The first-order valence-electron chi connectivity index (χ1n) is 18.6. The van der Waals surface area contributed by atoms with Crippen LogP contribution in [0.25, 0.3) is 22.3 Å². The fourth-order valence-electron chi connectivity index (χ4n) is 6.98. The number of phenols is 1. The molecule has 3 fully saturated rings. The van der Waals surface area contributed by atoms with E-state index >= 15 is 0 Å². The molecule has 3 aliphatic heterocycles. The van der Waals surface area contributed by atoms with Gasteiger partial charge in [-0.15, -0.1) is 0 Å². The lowest BCUT2D eigenvalue weighted by molar-refractivity contribution is -0.345. The van der Waals surface area contributed by atoms with E-state index in [-0.39, 0.29) is 34.6 Å². The maximum Gasteiger partial charge on any atom is 0.239 e. The number of phenolic OH excluding ortho intramolecular Hbond substituents is 1. The highest BCUT2D eigenvalue weighted by atomic mass is 16.7. The maximum atomic E-state index is 14.6. The van der Waals surface area contributed by atoms with Gasteiger partial charge < -0.3 is 88.6 Å². The van der Waals surface area contributed by atoms with Crippen LogP contribution in [-0.4, -0.2) is 157 Å². The Morgan fingerprint density at radius 2 is 1.36 bits per heavy atom. The average molecular weight is 823 g/mol. The maximum absolute atomic E-state index is 14.6. The third kappa shape index (κ3) is 8.41. The highest BCUT2D eigenvalue weighted by molar-refractivity contribution is 5.91. The van der Waals surface area contributed by atoms with Crippen LogP contribution in [0, 0.1) is 0 Å². The standard InChI is InChI=1S/C39H50O19/c1-14(2)6-11-19-21(54-39-31(49)28(46)25(43)22(13-40)55-39)12-20(41)23-26(44)36(34(56-35(19)23)17-7-9-18(51-5)10-8-17)58-38-32(50)29(47)33(16(4)53-38)57-37-30(48)27(45)24(42)15(3)52-37/h6-10,12,15-16,22,24-25,27-33,37-43,45-50H,11,13H2,1-5H3. The minimum absolute atomic E-state index is 0.0286. The third-order valence-corrected chi connectivity index (χ3v) is 10.4. The largest absolute Gasteiger partial charge is 0.507 e. The first-order valence-corrected chi connectivity index (χ1v) is 18.6. The Balaban J connectivity index is 1.42. The minimum Gasteiger partial charge on any atom is -0.507 e. The fourth-order valence-corrected chi connectivity index (χ4v) is 6.98. The monoisotopic (exact) mass is 822 g/mol. The van der Waals surface area contributed by atoms with Crippen LogP contribution in [0.1, 0.15) is 33.3 Å². The van der Waals surface area contributed by atoms with Gasteiger partial charge in [0.2, 0.25) is 23.8 Å². The first-order chi connectivity index (χ1) is 27.5. The molecule has 0 radical (unpaired) electrons. The molecule has 15 unspecified atom stereocenters. The van der Waals surface area contributed by atoms with Gasteiger partial charge in [0.05, 0.1) is 25.9 Å². The van der Waals surface area contributed by atoms with Gasteiger partial charge >= 0.3 is 0 Å². The molecule has 0 amide bonds. The molecule has 10 N–H and O–H groups in total. The van der Waals surface area contributed by atoms with Gasteiger partial charge in [-0.05, 0) is 58.4 Å². The number of fused-ring (bicyclic) bond motifs is 1. The molecule has 3 aromatic rings. The number of benzene rings is 2. The fraction of sp³-hybridized carbons (Fsp3) is 0.564. The van der Waals surface area contributed by atoms with Crippen LogP contribution in [0.3, 0.4) is 0 Å². The Bertz CT molecular complexity index is 1980. The molecule has 0 bridgehead atoms. The van der Waals surface area contributed by atoms with E-state index in [2.05, 4.69) is 0 Å². The van der Waals surface area contributed by atoms with Crippen molar-refractivity contribution in [3.63, 3.8) is 0 Å². The van der Waals surface area contributed by atoms with E-state index in [1.807, 2.05) is 13.8 Å². The van der Waals surface area contributed by atoms with Crippen LogP contribution in [0.15, 0.2) is 51.2 Å². The topological polar surface area (TPSA) is 297 Å². The number of hydrogen-bond acceptors (Lipinski definition) is 19. The molecular formula is C39H50O19. The lowest BCUT2D eigenvalue weighted by Gasteiger charge is -2.45. The second kappa shape index (κ2) is 17.7. The number of rotatable bonds is 11. The summed E-state index contributed by atoms with van der Waals surface area (Å²) >= 11 is 0.